The first-order valence-electron chi connectivity index (χ1n) is 11.3. The maximum absolute atomic E-state index is 12.7. The van der Waals surface area contributed by atoms with E-state index in [1.165, 1.54) is 12.4 Å². The van der Waals surface area contributed by atoms with Gasteiger partial charge in [-0.25, -0.2) is 4.79 Å². The van der Waals surface area contributed by atoms with Crippen molar-refractivity contribution in [3.8, 4) is 0 Å². The van der Waals surface area contributed by atoms with Crippen molar-refractivity contribution in [3.63, 3.8) is 0 Å². The first kappa shape index (κ1) is 26.6. The van der Waals surface area contributed by atoms with Crippen LogP contribution in [0.1, 0.15) is 41.6 Å². The van der Waals surface area contributed by atoms with E-state index in [1.54, 1.807) is 31.4 Å². The number of nitrogens with zero attached hydrogens (tertiary/aromatic N) is 1. The summed E-state index contributed by atoms with van der Waals surface area (Å²) >= 11 is 15.4. The molecule has 0 saturated heterocycles. The van der Waals surface area contributed by atoms with Crippen LogP contribution in [-0.4, -0.2) is 47.0 Å². The number of aliphatic carboxylic acids is 1. The van der Waals surface area contributed by atoms with Crippen LogP contribution in [-0.2, 0) is 20.7 Å². The lowest BCUT2D eigenvalue weighted by molar-refractivity contribution is -0.140. The van der Waals surface area contributed by atoms with Crippen molar-refractivity contribution in [2.24, 2.45) is 5.41 Å². The Morgan fingerprint density at radius 1 is 1.19 bits per heavy atom. The van der Waals surface area contributed by atoms with Gasteiger partial charge in [-0.1, -0.05) is 35.3 Å². The van der Waals surface area contributed by atoms with Crippen LogP contribution in [0.4, 0.5) is 5.69 Å². The van der Waals surface area contributed by atoms with Gasteiger partial charge in [0.05, 0.1) is 31.6 Å². The van der Waals surface area contributed by atoms with Gasteiger partial charge in [-0.15, -0.1) is 0 Å². The Balaban J connectivity index is 1.44. The number of allylic oxidation sites excluding steroid dienone is 2. The Labute approximate surface area is 226 Å². The molecule has 0 aliphatic heterocycles. The Morgan fingerprint density at radius 2 is 1.81 bits per heavy atom. The fraction of sp³-hybridized carbons (Fsp3) is 0.360. The van der Waals surface area contributed by atoms with E-state index in [-0.39, 0.29) is 33.9 Å². The van der Waals surface area contributed by atoms with Crippen molar-refractivity contribution in [2.75, 3.05) is 12.4 Å². The quantitative estimate of drug-likeness (QED) is 0.393. The summed E-state index contributed by atoms with van der Waals surface area (Å²) in [4.78, 5) is 41.2. The number of anilines is 1. The Hall–Kier alpha value is -2.46. The van der Waals surface area contributed by atoms with E-state index in [1.807, 2.05) is 0 Å². The highest BCUT2D eigenvalue weighted by Crippen LogP contribution is 2.53. The van der Waals surface area contributed by atoms with Crippen molar-refractivity contribution >= 4 is 62.5 Å². The molecular formula is C25H24BrCl2N3O5. The standard InChI is InChI=1S/C25H24BrCl2N3O5/c1-36-15-6-8-25(9-7-15)21(20(26)22(25)32)31-18(24(34)35)10-13-2-4-14(5-3-13)30-23(33)19-16(27)11-29-12-17(19)28/h2-5,11-12,15,18,31H,6-10H2,1H3,(H,30,33)(H,34,35)/t15?,18-,25?/m0/s1. The van der Waals surface area contributed by atoms with Crippen LogP contribution in [0.3, 0.4) is 0 Å². The molecule has 1 atom stereocenters. The lowest BCUT2D eigenvalue weighted by atomic mass is 9.62. The molecule has 1 fully saturated rings. The Kier molecular flexibility index (Phi) is 8.04. The smallest absolute Gasteiger partial charge is 0.326 e. The molecule has 4 rings (SSSR count). The number of amides is 1. The summed E-state index contributed by atoms with van der Waals surface area (Å²) in [5.74, 6) is -1.49. The highest BCUT2D eigenvalue weighted by molar-refractivity contribution is 9.12. The molecule has 2 aliphatic carbocycles. The molecule has 8 nitrogen and oxygen atoms in total. The number of ketones is 1. The molecule has 3 N–H and O–H groups in total. The minimum absolute atomic E-state index is 0.0122. The van der Waals surface area contributed by atoms with E-state index in [9.17, 15) is 19.5 Å². The zero-order valence-electron chi connectivity index (χ0n) is 19.3. The van der Waals surface area contributed by atoms with Crippen molar-refractivity contribution in [1.82, 2.24) is 10.3 Å². The number of aromatic nitrogens is 1. The van der Waals surface area contributed by atoms with E-state index in [0.29, 0.717) is 28.7 Å². The molecule has 0 bridgehead atoms. The molecule has 11 heteroatoms. The minimum Gasteiger partial charge on any atom is -0.480 e. The molecule has 2 aromatic rings. The van der Waals surface area contributed by atoms with E-state index in [2.05, 4.69) is 31.5 Å². The molecular weight excluding hydrogens is 573 g/mol. The number of hydrogen-bond acceptors (Lipinski definition) is 6. The second kappa shape index (κ2) is 10.9. The fourth-order valence-electron chi connectivity index (χ4n) is 4.74. The second-order valence-electron chi connectivity index (χ2n) is 8.90. The molecule has 1 amide bonds. The summed E-state index contributed by atoms with van der Waals surface area (Å²) in [5.41, 5.74) is 1.34. The normalized spacial score (nSPS) is 22.2. The van der Waals surface area contributed by atoms with Gasteiger partial charge in [0.15, 0.2) is 5.78 Å². The Bertz CT molecular complexity index is 1210. The molecule has 1 spiro atoms. The summed E-state index contributed by atoms with van der Waals surface area (Å²) < 4.78 is 5.84. The molecule has 190 valence electrons. The van der Waals surface area contributed by atoms with Gasteiger partial charge in [-0.2, -0.15) is 0 Å². The summed E-state index contributed by atoms with van der Waals surface area (Å²) in [6.45, 7) is 0. The number of rotatable bonds is 8. The van der Waals surface area contributed by atoms with Crippen LogP contribution in [0.2, 0.25) is 10.0 Å². The van der Waals surface area contributed by atoms with E-state index >= 15 is 0 Å². The van der Waals surface area contributed by atoms with Crippen molar-refractivity contribution in [2.45, 2.75) is 44.2 Å². The van der Waals surface area contributed by atoms with Gasteiger partial charge in [-0.05, 0) is 59.3 Å². The summed E-state index contributed by atoms with van der Waals surface area (Å²) in [7, 11) is 1.66. The summed E-state index contributed by atoms with van der Waals surface area (Å²) in [5, 5.41) is 16.0. The minimum atomic E-state index is -1.03. The van der Waals surface area contributed by atoms with E-state index < -0.39 is 23.3 Å². The zero-order valence-corrected chi connectivity index (χ0v) is 22.4. The molecule has 1 heterocycles. The molecule has 1 saturated carbocycles. The van der Waals surface area contributed by atoms with E-state index in [0.717, 1.165) is 18.4 Å². The van der Waals surface area contributed by atoms with Gasteiger partial charge < -0.3 is 20.5 Å². The number of benzene rings is 1. The van der Waals surface area contributed by atoms with Crippen LogP contribution in [0.25, 0.3) is 0 Å². The highest BCUT2D eigenvalue weighted by Gasteiger charge is 2.55. The molecule has 0 radical (unpaired) electrons. The maximum atomic E-state index is 12.7. The first-order chi connectivity index (χ1) is 17.2. The van der Waals surface area contributed by atoms with E-state index in [4.69, 9.17) is 27.9 Å². The Morgan fingerprint density at radius 3 is 2.36 bits per heavy atom. The largest absolute Gasteiger partial charge is 0.480 e. The number of carboxylic acids is 1. The summed E-state index contributed by atoms with van der Waals surface area (Å²) in [6, 6.07) is 5.87. The fourth-order valence-corrected chi connectivity index (χ4v) is 6.15. The number of carboxylic acid groups (broad SMARTS) is 1. The predicted molar refractivity (Wildman–Crippen MR) is 140 cm³/mol. The number of carbonyl (C=O) groups excluding carboxylic acids is 2. The molecule has 1 aromatic heterocycles. The lowest BCUT2D eigenvalue weighted by Gasteiger charge is -2.47. The zero-order chi connectivity index (χ0) is 26.0. The van der Waals surface area contributed by atoms with Crippen LogP contribution in [0.15, 0.2) is 46.8 Å². The molecule has 2 aliphatic rings. The van der Waals surface area contributed by atoms with Crippen LogP contribution < -0.4 is 10.6 Å². The average molecular weight is 597 g/mol. The molecule has 36 heavy (non-hydrogen) atoms. The van der Waals surface area contributed by atoms with Crippen molar-refractivity contribution in [3.05, 3.63) is 68.0 Å². The van der Waals surface area contributed by atoms with Crippen LogP contribution >= 0.6 is 39.1 Å². The van der Waals surface area contributed by atoms with Crippen molar-refractivity contribution < 1.29 is 24.2 Å². The number of hydrogen-bond donors (Lipinski definition) is 3. The van der Waals surface area contributed by atoms with Gasteiger partial charge in [0.1, 0.15) is 6.04 Å². The second-order valence-corrected chi connectivity index (χ2v) is 10.5. The van der Waals surface area contributed by atoms with Crippen molar-refractivity contribution in [1.29, 1.82) is 0 Å². The van der Waals surface area contributed by atoms with Gasteiger partial charge in [0.2, 0.25) is 0 Å². The molecule has 1 aromatic carbocycles. The van der Waals surface area contributed by atoms with Crippen LogP contribution in [0.5, 0.6) is 0 Å². The third-order valence-electron chi connectivity index (χ3n) is 6.80. The third kappa shape index (κ3) is 5.16. The highest BCUT2D eigenvalue weighted by atomic mass is 79.9. The lowest BCUT2D eigenvalue weighted by Crippen LogP contribution is -2.54. The van der Waals surface area contributed by atoms with Gasteiger partial charge in [0, 0.05) is 37.3 Å². The predicted octanol–water partition coefficient (Wildman–Crippen LogP) is 4.99. The number of ether oxygens (including phenoxy) is 1. The summed E-state index contributed by atoms with van der Waals surface area (Å²) in [6.07, 6.45) is 5.69. The monoisotopic (exact) mass is 595 g/mol. The third-order valence-corrected chi connectivity index (χ3v) is 8.13. The number of Topliss-reactive ketones (excluding diaryl/α,β-unsaturated/α-hetero) is 1. The van der Waals surface area contributed by atoms with Gasteiger partial charge in [-0.3, -0.25) is 14.6 Å². The SMILES string of the molecule is COC1CCC2(CC1)C(=O)C(Br)=C2N[C@@H](Cc1ccc(NC(=O)c2c(Cl)cncc2Cl)cc1)C(=O)O. The number of methoxy groups -OCH3 is 1. The maximum Gasteiger partial charge on any atom is 0.326 e. The number of halogens is 3. The number of carbonyl (C=O) groups is 3. The van der Waals surface area contributed by atoms with Crippen LogP contribution in [0, 0.1) is 5.41 Å². The van der Waals surface area contributed by atoms with Gasteiger partial charge >= 0.3 is 5.97 Å². The first-order valence-corrected chi connectivity index (χ1v) is 12.9. The molecule has 0 unspecified atom stereocenters. The number of pyridine rings is 1. The average Bonchev–Trinajstić information content (AvgIpc) is 2.86. The topological polar surface area (TPSA) is 118 Å². The van der Waals surface area contributed by atoms with Gasteiger partial charge in [0.25, 0.3) is 5.91 Å². The number of nitrogens with one attached hydrogen (secondary N) is 2.